The van der Waals surface area contributed by atoms with Crippen molar-refractivity contribution in [2.75, 3.05) is 5.73 Å². The first-order chi connectivity index (χ1) is 9.72. The Hall–Kier alpha value is -2.64. The minimum atomic E-state index is -1.15. The first-order valence-electron chi connectivity index (χ1n) is 6.30. The Morgan fingerprint density at radius 2 is 2.05 bits per heavy atom. The number of benzene rings is 1. The van der Waals surface area contributed by atoms with Crippen molar-refractivity contribution >= 4 is 23.3 Å². The van der Waals surface area contributed by atoms with Gasteiger partial charge < -0.3 is 16.2 Å². The molecule has 0 aliphatic carbocycles. The van der Waals surface area contributed by atoms with Crippen LogP contribution in [0.4, 0.5) is 11.4 Å². The van der Waals surface area contributed by atoms with Crippen LogP contribution in [0.2, 0.25) is 0 Å². The number of rotatable bonds is 6. The molecule has 4 N–H and O–H groups in total. The fourth-order valence-electron chi connectivity index (χ4n) is 1.78. The number of hydrogen-bond acceptors (Lipinski definition) is 5. The predicted octanol–water partition coefficient (Wildman–Crippen LogP) is 1.41. The van der Waals surface area contributed by atoms with E-state index in [1.165, 1.54) is 12.1 Å². The number of carboxylic acids is 1. The predicted molar refractivity (Wildman–Crippen MR) is 75.9 cm³/mol. The number of nitrogens with two attached hydrogens (primary N) is 1. The Bertz CT molecular complexity index is 571. The number of aliphatic carboxylic acids is 1. The summed E-state index contributed by atoms with van der Waals surface area (Å²) in [7, 11) is 0. The third kappa shape index (κ3) is 4.44. The van der Waals surface area contributed by atoms with Gasteiger partial charge in [-0.1, -0.05) is 13.8 Å². The number of nitrogens with zero attached hydrogens (tertiary/aromatic N) is 1. The smallest absolute Gasteiger partial charge is 0.326 e. The van der Waals surface area contributed by atoms with Crippen LogP contribution in [0, 0.1) is 16.0 Å². The summed E-state index contributed by atoms with van der Waals surface area (Å²) in [5.41, 5.74) is 4.98. The molecule has 1 atom stereocenters. The number of nitrogens with one attached hydrogen (secondary N) is 1. The van der Waals surface area contributed by atoms with Crippen molar-refractivity contribution in [3.8, 4) is 0 Å². The Morgan fingerprint density at radius 1 is 1.43 bits per heavy atom. The quantitative estimate of drug-likeness (QED) is 0.412. The summed E-state index contributed by atoms with van der Waals surface area (Å²) in [5.74, 6) is -1.76. The molecule has 0 aliphatic heterocycles. The summed E-state index contributed by atoms with van der Waals surface area (Å²) in [6.45, 7) is 3.66. The number of nitrogen functional groups attached to an aromatic ring is 1. The van der Waals surface area contributed by atoms with Gasteiger partial charge in [-0.3, -0.25) is 14.9 Å². The van der Waals surface area contributed by atoms with E-state index >= 15 is 0 Å². The van der Waals surface area contributed by atoms with Crippen molar-refractivity contribution in [2.24, 2.45) is 5.92 Å². The number of amides is 1. The molecule has 1 aromatic rings. The topological polar surface area (TPSA) is 136 Å². The van der Waals surface area contributed by atoms with Crippen molar-refractivity contribution in [3.63, 3.8) is 0 Å². The lowest BCUT2D eigenvalue weighted by molar-refractivity contribution is -0.383. The normalized spacial score (nSPS) is 12.0. The van der Waals surface area contributed by atoms with Crippen LogP contribution in [-0.4, -0.2) is 27.9 Å². The largest absolute Gasteiger partial charge is 0.480 e. The molecule has 0 saturated carbocycles. The van der Waals surface area contributed by atoms with Gasteiger partial charge in [-0.15, -0.1) is 0 Å². The van der Waals surface area contributed by atoms with Crippen LogP contribution in [0.25, 0.3) is 0 Å². The van der Waals surface area contributed by atoms with Gasteiger partial charge in [0.2, 0.25) is 0 Å². The molecule has 0 unspecified atom stereocenters. The van der Waals surface area contributed by atoms with Gasteiger partial charge in [0.05, 0.1) is 4.92 Å². The lowest BCUT2D eigenvalue weighted by Crippen LogP contribution is -2.41. The van der Waals surface area contributed by atoms with Gasteiger partial charge in [0, 0.05) is 11.6 Å². The molecule has 0 aliphatic rings. The fraction of sp³-hybridized carbons (Fsp3) is 0.385. The highest BCUT2D eigenvalue weighted by Gasteiger charge is 2.23. The Morgan fingerprint density at radius 3 is 2.52 bits per heavy atom. The summed E-state index contributed by atoms with van der Waals surface area (Å²) in [5, 5.41) is 22.2. The van der Waals surface area contributed by atoms with Crippen molar-refractivity contribution in [1.29, 1.82) is 0 Å². The lowest BCUT2D eigenvalue weighted by Gasteiger charge is -2.16. The molecule has 1 rings (SSSR count). The van der Waals surface area contributed by atoms with E-state index in [1.807, 2.05) is 13.8 Å². The summed E-state index contributed by atoms with van der Waals surface area (Å²) in [6.07, 6.45) is 0.262. The molecule has 8 nitrogen and oxygen atoms in total. The zero-order valence-corrected chi connectivity index (χ0v) is 11.7. The van der Waals surface area contributed by atoms with E-state index in [0.29, 0.717) is 0 Å². The first-order valence-corrected chi connectivity index (χ1v) is 6.30. The van der Waals surface area contributed by atoms with Gasteiger partial charge in [0.15, 0.2) is 0 Å². The van der Waals surface area contributed by atoms with Crippen LogP contribution >= 0.6 is 0 Å². The standard InChI is InChI=1S/C13H17N3O5/c1-7(2)5-10(13(18)19)15-12(17)8-3-4-9(14)11(6-8)16(20)21/h3-4,6-7,10H,5,14H2,1-2H3,(H,15,17)(H,18,19)/t10-/m1/s1. The van der Waals surface area contributed by atoms with Crippen LogP contribution in [-0.2, 0) is 4.79 Å². The van der Waals surface area contributed by atoms with Crippen LogP contribution in [0.1, 0.15) is 30.6 Å². The number of carboxylic acid groups (broad SMARTS) is 1. The molecule has 114 valence electrons. The van der Waals surface area contributed by atoms with E-state index in [1.54, 1.807) is 0 Å². The average Bonchev–Trinajstić information content (AvgIpc) is 2.37. The van der Waals surface area contributed by atoms with Crippen molar-refractivity contribution in [3.05, 3.63) is 33.9 Å². The van der Waals surface area contributed by atoms with E-state index < -0.39 is 28.5 Å². The second kappa shape index (κ2) is 6.69. The van der Waals surface area contributed by atoms with E-state index in [2.05, 4.69) is 5.32 Å². The maximum Gasteiger partial charge on any atom is 0.326 e. The second-order valence-electron chi connectivity index (χ2n) is 5.02. The summed E-state index contributed by atoms with van der Waals surface area (Å²) in [4.78, 5) is 33.2. The molecular formula is C13H17N3O5. The Kier molecular flexibility index (Phi) is 5.23. The molecular weight excluding hydrogens is 278 g/mol. The highest BCUT2D eigenvalue weighted by atomic mass is 16.6. The Labute approximate surface area is 121 Å². The molecule has 21 heavy (non-hydrogen) atoms. The number of anilines is 1. The van der Waals surface area contributed by atoms with E-state index in [9.17, 15) is 19.7 Å². The van der Waals surface area contributed by atoms with Crippen molar-refractivity contribution < 1.29 is 19.6 Å². The number of nitro groups is 1. The van der Waals surface area contributed by atoms with E-state index in [4.69, 9.17) is 10.8 Å². The molecule has 0 saturated heterocycles. The van der Waals surface area contributed by atoms with E-state index in [0.717, 1.165) is 6.07 Å². The minimum absolute atomic E-state index is 0.00842. The summed E-state index contributed by atoms with van der Waals surface area (Å²) in [6, 6.07) is 2.53. The van der Waals surface area contributed by atoms with Gasteiger partial charge in [-0.25, -0.2) is 4.79 Å². The number of carbonyl (C=O) groups is 2. The zero-order valence-electron chi connectivity index (χ0n) is 11.7. The molecule has 0 heterocycles. The van der Waals surface area contributed by atoms with Crippen LogP contribution in [0.5, 0.6) is 0 Å². The third-order valence-corrected chi connectivity index (χ3v) is 2.80. The lowest BCUT2D eigenvalue weighted by atomic mass is 10.0. The average molecular weight is 295 g/mol. The number of carbonyl (C=O) groups excluding carboxylic acids is 1. The van der Waals surface area contributed by atoms with Gasteiger partial charge in [0.25, 0.3) is 11.6 Å². The van der Waals surface area contributed by atoms with Crippen LogP contribution < -0.4 is 11.1 Å². The number of hydrogen-bond donors (Lipinski definition) is 3. The highest BCUT2D eigenvalue weighted by molar-refractivity contribution is 5.97. The second-order valence-corrected chi connectivity index (χ2v) is 5.02. The van der Waals surface area contributed by atoms with E-state index in [-0.39, 0.29) is 23.6 Å². The maximum atomic E-state index is 12.0. The minimum Gasteiger partial charge on any atom is -0.480 e. The van der Waals surface area contributed by atoms with Crippen molar-refractivity contribution in [1.82, 2.24) is 5.32 Å². The van der Waals surface area contributed by atoms with Gasteiger partial charge in [-0.2, -0.15) is 0 Å². The van der Waals surface area contributed by atoms with Crippen LogP contribution in [0.15, 0.2) is 18.2 Å². The molecule has 0 radical (unpaired) electrons. The summed E-state index contributed by atoms with van der Waals surface area (Å²) < 4.78 is 0. The van der Waals surface area contributed by atoms with Crippen LogP contribution in [0.3, 0.4) is 0 Å². The fourth-order valence-corrected chi connectivity index (χ4v) is 1.78. The van der Waals surface area contributed by atoms with Crippen molar-refractivity contribution in [2.45, 2.75) is 26.3 Å². The molecule has 8 heteroatoms. The SMILES string of the molecule is CC(C)C[C@@H](NC(=O)c1ccc(N)c([N+](=O)[O-])c1)C(=O)O. The molecule has 1 aromatic carbocycles. The van der Waals surface area contributed by atoms with Gasteiger partial charge in [0.1, 0.15) is 11.7 Å². The molecule has 0 fully saturated rings. The van der Waals surface area contributed by atoms with Gasteiger partial charge >= 0.3 is 5.97 Å². The van der Waals surface area contributed by atoms with Gasteiger partial charge in [-0.05, 0) is 24.5 Å². The maximum absolute atomic E-state index is 12.0. The first kappa shape index (κ1) is 16.4. The Balaban J connectivity index is 2.95. The number of nitro benzene ring substituents is 1. The monoisotopic (exact) mass is 295 g/mol. The molecule has 1 amide bonds. The summed E-state index contributed by atoms with van der Waals surface area (Å²) >= 11 is 0. The molecule has 0 aromatic heterocycles. The third-order valence-electron chi connectivity index (χ3n) is 2.80. The molecule has 0 bridgehead atoms. The zero-order chi connectivity index (χ0) is 16.2. The molecule has 0 spiro atoms. The highest BCUT2D eigenvalue weighted by Crippen LogP contribution is 2.22.